The van der Waals surface area contributed by atoms with Crippen LogP contribution in [0.25, 0.3) is 11.1 Å². The third-order valence-electron chi connectivity index (χ3n) is 8.99. The molecule has 8 nitrogen and oxygen atoms in total. The summed E-state index contributed by atoms with van der Waals surface area (Å²) in [6.07, 6.45) is 0. The average molecular weight is 619 g/mol. The van der Waals surface area contributed by atoms with E-state index in [1.807, 2.05) is 48.5 Å². The van der Waals surface area contributed by atoms with Crippen LogP contribution < -0.4 is 18.9 Å². The van der Waals surface area contributed by atoms with Crippen molar-refractivity contribution < 1.29 is 38.7 Å². The van der Waals surface area contributed by atoms with Gasteiger partial charge in [-0.3, -0.25) is 0 Å². The first kappa shape index (κ1) is 26.8. The first-order chi connectivity index (χ1) is 23.0. The Morgan fingerprint density at radius 3 is 1.17 bits per heavy atom. The van der Waals surface area contributed by atoms with Crippen molar-refractivity contribution in [3.8, 4) is 57.1 Å². The molecule has 1 aliphatic carbocycles. The van der Waals surface area contributed by atoms with Crippen LogP contribution in [0, 0.1) is 0 Å². The van der Waals surface area contributed by atoms with Crippen LogP contribution in [0.4, 0.5) is 0 Å². The number of ether oxygens (including phenoxy) is 4. The van der Waals surface area contributed by atoms with E-state index in [4.69, 9.17) is 18.9 Å². The predicted octanol–water partition coefficient (Wildman–Crippen LogP) is 9.24. The van der Waals surface area contributed by atoms with E-state index in [9.17, 15) is 19.8 Å². The van der Waals surface area contributed by atoms with Gasteiger partial charge in [-0.1, -0.05) is 84.9 Å². The van der Waals surface area contributed by atoms with Crippen molar-refractivity contribution in [2.45, 2.75) is 5.41 Å². The van der Waals surface area contributed by atoms with Gasteiger partial charge in [-0.2, -0.15) is 0 Å². The lowest BCUT2D eigenvalue weighted by molar-refractivity contribution is 0.0682. The second-order valence-electron chi connectivity index (χ2n) is 11.4. The molecule has 0 atom stereocenters. The topological polar surface area (TPSA) is 112 Å². The zero-order valence-electron chi connectivity index (χ0n) is 24.4. The maximum Gasteiger partial charge on any atom is 0.339 e. The van der Waals surface area contributed by atoms with Gasteiger partial charge in [0.2, 0.25) is 0 Å². The number of carboxylic acid groups (broad SMARTS) is 2. The summed E-state index contributed by atoms with van der Waals surface area (Å²) in [6, 6.07) is 36.0. The first-order valence-corrected chi connectivity index (χ1v) is 14.9. The minimum absolute atomic E-state index is 0.0262. The summed E-state index contributed by atoms with van der Waals surface area (Å²) in [6.45, 7) is 0. The molecule has 0 fully saturated rings. The second kappa shape index (κ2) is 9.73. The van der Waals surface area contributed by atoms with Gasteiger partial charge in [0.1, 0.15) is 11.1 Å². The number of para-hydroxylation sites is 4. The summed E-state index contributed by atoms with van der Waals surface area (Å²) in [4.78, 5) is 26.9. The van der Waals surface area contributed by atoms with Crippen molar-refractivity contribution in [2.24, 2.45) is 0 Å². The maximum atomic E-state index is 13.5. The lowest BCUT2D eigenvalue weighted by Crippen LogP contribution is -2.33. The van der Waals surface area contributed by atoms with Gasteiger partial charge in [0.15, 0.2) is 46.0 Å². The van der Waals surface area contributed by atoms with Gasteiger partial charge in [0.25, 0.3) is 0 Å². The third-order valence-corrected chi connectivity index (χ3v) is 8.99. The standard InChI is InChI=1S/C39H22O8/c40-37(41)33-25(17-19-31-35(33)46-29-15-7-5-13-27(29)44-31)39(23-11-3-1-9-21(23)22-10-2-4-12-24(22)39)26-18-20-32-36(34(26)38(42)43)47-30-16-8-6-14-28(30)45-32/h1-20H,(H,40,41)(H,42,43). The van der Waals surface area contributed by atoms with Crippen LogP contribution in [0.1, 0.15) is 43.0 Å². The lowest BCUT2D eigenvalue weighted by atomic mass is 9.65. The number of aromatic carboxylic acids is 2. The van der Waals surface area contributed by atoms with E-state index in [1.165, 1.54) is 0 Å². The molecule has 2 heterocycles. The average Bonchev–Trinajstić information content (AvgIpc) is 3.39. The van der Waals surface area contributed by atoms with E-state index in [1.54, 1.807) is 72.8 Å². The Morgan fingerprint density at radius 2 is 0.766 bits per heavy atom. The fourth-order valence-electron chi connectivity index (χ4n) is 7.20. The third kappa shape index (κ3) is 3.63. The molecule has 2 aliphatic heterocycles. The highest BCUT2D eigenvalue weighted by Crippen LogP contribution is 2.61. The molecule has 3 aliphatic rings. The van der Waals surface area contributed by atoms with Crippen LogP contribution in [0.2, 0.25) is 0 Å². The summed E-state index contributed by atoms with van der Waals surface area (Å²) in [5, 5.41) is 21.9. The number of hydrogen-bond donors (Lipinski definition) is 2. The zero-order chi connectivity index (χ0) is 31.9. The maximum absolute atomic E-state index is 13.5. The van der Waals surface area contributed by atoms with Crippen LogP contribution in [-0.2, 0) is 5.41 Å². The van der Waals surface area contributed by atoms with Gasteiger partial charge < -0.3 is 29.2 Å². The molecular weight excluding hydrogens is 596 g/mol. The quantitative estimate of drug-likeness (QED) is 0.201. The van der Waals surface area contributed by atoms with Crippen molar-refractivity contribution in [3.63, 3.8) is 0 Å². The largest absolute Gasteiger partial charge is 0.478 e. The number of fused-ring (bicyclic) bond motifs is 7. The van der Waals surface area contributed by atoms with Gasteiger partial charge in [0, 0.05) is 0 Å². The smallest absolute Gasteiger partial charge is 0.339 e. The first-order valence-electron chi connectivity index (χ1n) is 14.9. The summed E-state index contributed by atoms with van der Waals surface area (Å²) in [5.41, 5.74) is 1.97. The summed E-state index contributed by atoms with van der Waals surface area (Å²) >= 11 is 0. The summed E-state index contributed by atoms with van der Waals surface area (Å²) < 4.78 is 24.8. The fourth-order valence-corrected chi connectivity index (χ4v) is 7.20. The summed E-state index contributed by atoms with van der Waals surface area (Å²) in [7, 11) is 0. The van der Waals surface area contributed by atoms with Crippen LogP contribution in [0.5, 0.6) is 46.0 Å². The van der Waals surface area contributed by atoms with E-state index >= 15 is 0 Å². The monoisotopic (exact) mass is 618 g/mol. The molecular formula is C39H22O8. The van der Waals surface area contributed by atoms with Crippen molar-refractivity contribution in [2.75, 3.05) is 0 Å². The molecule has 6 aromatic carbocycles. The highest BCUT2D eigenvalue weighted by atomic mass is 16.6. The Labute approximate surface area is 267 Å². The van der Waals surface area contributed by atoms with Crippen LogP contribution in [0.15, 0.2) is 121 Å². The molecule has 0 amide bonds. The van der Waals surface area contributed by atoms with Gasteiger partial charge in [-0.25, -0.2) is 9.59 Å². The Bertz CT molecular complexity index is 2170. The molecule has 0 aromatic heterocycles. The van der Waals surface area contributed by atoms with E-state index < -0.39 is 17.4 Å². The number of benzene rings is 6. The Morgan fingerprint density at radius 1 is 0.404 bits per heavy atom. The van der Waals surface area contributed by atoms with Crippen LogP contribution in [-0.4, -0.2) is 22.2 Å². The molecule has 2 N–H and O–H groups in total. The molecule has 0 radical (unpaired) electrons. The number of carboxylic acids is 2. The molecule has 0 bridgehead atoms. The van der Waals surface area contributed by atoms with E-state index in [-0.39, 0.29) is 34.1 Å². The van der Waals surface area contributed by atoms with Crippen molar-refractivity contribution >= 4 is 11.9 Å². The van der Waals surface area contributed by atoms with Crippen molar-refractivity contribution in [3.05, 3.63) is 155 Å². The normalized spacial score (nSPS) is 13.9. The Hall–Kier alpha value is -6.54. The van der Waals surface area contributed by atoms with Gasteiger partial charge in [0.05, 0.1) is 5.41 Å². The Balaban J connectivity index is 1.41. The summed E-state index contributed by atoms with van der Waals surface area (Å²) in [5.74, 6) is -0.361. The molecule has 0 spiro atoms. The van der Waals surface area contributed by atoms with E-state index in [0.29, 0.717) is 45.3 Å². The molecule has 0 saturated carbocycles. The van der Waals surface area contributed by atoms with Crippen LogP contribution >= 0.6 is 0 Å². The van der Waals surface area contributed by atoms with E-state index in [2.05, 4.69) is 0 Å². The van der Waals surface area contributed by atoms with Gasteiger partial charge in [-0.05, 0) is 69.8 Å². The molecule has 226 valence electrons. The zero-order valence-corrected chi connectivity index (χ0v) is 24.4. The number of rotatable bonds is 4. The highest BCUT2D eigenvalue weighted by molar-refractivity contribution is 6.01. The molecule has 0 unspecified atom stereocenters. The fraction of sp³-hybridized carbons (Fsp3) is 0.0256. The van der Waals surface area contributed by atoms with Gasteiger partial charge >= 0.3 is 11.9 Å². The second-order valence-corrected chi connectivity index (χ2v) is 11.4. The number of hydrogen-bond acceptors (Lipinski definition) is 6. The van der Waals surface area contributed by atoms with Crippen molar-refractivity contribution in [1.82, 2.24) is 0 Å². The predicted molar refractivity (Wildman–Crippen MR) is 171 cm³/mol. The van der Waals surface area contributed by atoms with Crippen molar-refractivity contribution in [1.29, 1.82) is 0 Å². The van der Waals surface area contributed by atoms with Crippen LogP contribution in [0.3, 0.4) is 0 Å². The number of carbonyl (C=O) groups is 2. The SMILES string of the molecule is O=C(O)c1c(C2(c3ccc4c(c3C(=O)O)Oc3ccccc3O4)c3ccccc3-c3ccccc32)ccc2c1Oc1ccccc1O2. The minimum atomic E-state index is -1.45. The molecule has 6 aromatic rings. The molecule has 47 heavy (non-hydrogen) atoms. The minimum Gasteiger partial charge on any atom is -0.478 e. The lowest BCUT2D eigenvalue weighted by Gasteiger charge is -2.37. The van der Waals surface area contributed by atoms with Gasteiger partial charge in [-0.15, -0.1) is 0 Å². The molecule has 0 saturated heterocycles. The molecule has 8 heteroatoms. The highest BCUT2D eigenvalue weighted by Gasteiger charge is 2.51. The Kier molecular flexibility index (Phi) is 5.55. The molecule has 9 rings (SSSR count). The van der Waals surface area contributed by atoms with E-state index in [0.717, 1.165) is 11.1 Å².